The lowest BCUT2D eigenvalue weighted by Crippen LogP contribution is -2.15. The maximum atomic E-state index is 10.6. The van der Waals surface area contributed by atoms with Gasteiger partial charge in [-0.05, 0) is 12.8 Å². The molecule has 0 spiro atoms. The van der Waals surface area contributed by atoms with Gasteiger partial charge in [0.1, 0.15) is 0 Å². The predicted octanol–water partition coefficient (Wildman–Crippen LogP) is 1.01. The molecule has 1 aliphatic rings. The van der Waals surface area contributed by atoms with Crippen LogP contribution in [0.2, 0.25) is 0 Å². The Morgan fingerprint density at radius 1 is 1.50 bits per heavy atom. The van der Waals surface area contributed by atoms with Crippen molar-refractivity contribution in [2.24, 2.45) is 5.73 Å². The van der Waals surface area contributed by atoms with E-state index in [0.29, 0.717) is 10.5 Å². The Morgan fingerprint density at radius 2 is 2.10 bits per heavy atom. The Labute approximate surface area is 65.2 Å². The number of hydrogen-bond acceptors (Lipinski definition) is 2. The highest BCUT2D eigenvalue weighted by Crippen LogP contribution is 2.20. The molecule has 0 saturated heterocycles. The predicted molar refractivity (Wildman–Crippen MR) is 43.6 cm³/mol. The second-order valence-corrected chi connectivity index (χ2v) is 2.63. The molecule has 3 heteroatoms. The first-order valence-corrected chi connectivity index (χ1v) is 3.56. The third-order valence-corrected chi connectivity index (χ3v) is 1.82. The Balaban J connectivity index is 2.84. The lowest BCUT2D eigenvalue weighted by Gasteiger charge is -2.06. The van der Waals surface area contributed by atoms with Crippen molar-refractivity contribution in [3.05, 3.63) is 22.6 Å². The Morgan fingerprint density at radius 3 is 2.50 bits per heavy atom. The lowest BCUT2D eigenvalue weighted by molar-refractivity contribution is -0.114. The van der Waals surface area contributed by atoms with E-state index in [2.05, 4.69) is 12.6 Å². The molecule has 0 atom stereocenters. The molecule has 0 saturated carbocycles. The minimum atomic E-state index is -0.388. The van der Waals surface area contributed by atoms with E-state index < -0.39 is 0 Å². The van der Waals surface area contributed by atoms with E-state index in [9.17, 15) is 4.79 Å². The molecule has 0 fully saturated rings. The van der Waals surface area contributed by atoms with Crippen LogP contribution in [0.4, 0.5) is 0 Å². The first-order valence-electron chi connectivity index (χ1n) is 3.11. The average molecular weight is 155 g/mol. The maximum Gasteiger partial charge on any atom is 0.249 e. The summed E-state index contributed by atoms with van der Waals surface area (Å²) in [5.41, 5.74) is 5.61. The quantitative estimate of drug-likeness (QED) is 0.545. The van der Waals surface area contributed by atoms with Gasteiger partial charge in [-0.2, -0.15) is 0 Å². The molecule has 1 aliphatic carbocycles. The normalized spacial score (nSPS) is 17.7. The summed E-state index contributed by atoms with van der Waals surface area (Å²) in [7, 11) is 0. The Kier molecular flexibility index (Phi) is 2.17. The van der Waals surface area contributed by atoms with Crippen LogP contribution >= 0.6 is 12.6 Å². The number of primary amides is 1. The van der Waals surface area contributed by atoms with Crippen LogP contribution in [-0.2, 0) is 4.79 Å². The highest BCUT2D eigenvalue weighted by Gasteiger charge is 2.09. The van der Waals surface area contributed by atoms with Gasteiger partial charge in [0.2, 0.25) is 5.91 Å². The number of hydrogen-bond donors (Lipinski definition) is 2. The lowest BCUT2D eigenvalue weighted by atomic mass is 10.1. The standard InChI is InChI=1S/C7H9NOS/c8-7(9)5-3-1-2-4-6(5)10/h3-4,10H,1-2H2,(H2,8,9). The molecule has 0 heterocycles. The third kappa shape index (κ3) is 1.42. The monoisotopic (exact) mass is 155 g/mol. The number of allylic oxidation sites excluding steroid dienone is 2. The first-order chi connectivity index (χ1) is 4.72. The molecule has 2 nitrogen and oxygen atoms in total. The molecular weight excluding hydrogens is 146 g/mol. The van der Waals surface area contributed by atoms with E-state index in [1.165, 1.54) is 0 Å². The highest BCUT2D eigenvalue weighted by atomic mass is 32.1. The molecule has 0 bridgehead atoms. The molecule has 1 amide bonds. The summed E-state index contributed by atoms with van der Waals surface area (Å²) in [6, 6.07) is 0. The van der Waals surface area contributed by atoms with Gasteiger partial charge >= 0.3 is 0 Å². The van der Waals surface area contributed by atoms with Crippen molar-refractivity contribution in [2.75, 3.05) is 0 Å². The van der Waals surface area contributed by atoms with Crippen LogP contribution < -0.4 is 5.73 Å². The molecule has 10 heavy (non-hydrogen) atoms. The SMILES string of the molecule is NC(=O)C1=CCCC=C1S. The van der Waals surface area contributed by atoms with E-state index in [4.69, 9.17) is 5.73 Å². The van der Waals surface area contributed by atoms with Crippen molar-refractivity contribution < 1.29 is 4.79 Å². The van der Waals surface area contributed by atoms with E-state index in [1.807, 2.05) is 12.2 Å². The van der Waals surface area contributed by atoms with Gasteiger partial charge in [-0.1, -0.05) is 12.2 Å². The van der Waals surface area contributed by atoms with Crippen LogP contribution in [0.15, 0.2) is 22.6 Å². The average Bonchev–Trinajstić information content (AvgIpc) is 1.88. The number of nitrogens with two attached hydrogens (primary N) is 1. The summed E-state index contributed by atoms with van der Waals surface area (Å²) in [6.07, 6.45) is 5.58. The summed E-state index contributed by atoms with van der Waals surface area (Å²) in [4.78, 5) is 11.3. The van der Waals surface area contributed by atoms with Gasteiger partial charge in [0.05, 0.1) is 0 Å². The zero-order valence-electron chi connectivity index (χ0n) is 5.50. The van der Waals surface area contributed by atoms with Gasteiger partial charge in [0, 0.05) is 10.5 Å². The molecule has 2 N–H and O–H groups in total. The van der Waals surface area contributed by atoms with Crippen molar-refractivity contribution >= 4 is 18.5 Å². The van der Waals surface area contributed by atoms with Crippen molar-refractivity contribution in [1.29, 1.82) is 0 Å². The molecule has 0 aromatic heterocycles. The van der Waals surface area contributed by atoms with Crippen LogP contribution in [0.3, 0.4) is 0 Å². The van der Waals surface area contributed by atoms with E-state index in [0.717, 1.165) is 12.8 Å². The third-order valence-electron chi connectivity index (χ3n) is 1.39. The fraction of sp³-hybridized carbons (Fsp3) is 0.286. The minimum Gasteiger partial charge on any atom is -0.366 e. The zero-order chi connectivity index (χ0) is 7.56. The van der Waals surface area contributed by atoms with Crippen LogP contribution in [0.25, 0.3) is 0 Å². The van der Waals surface area contributed by atoms with Gasteiger partial charge < -0.3 is 5.73 Å². The Hall–Kier alpha value is -0.700. The molecule has 0 aliphatic heterocycles. The first kappa shape index (κ1) is 7.41. The van der Waals surface area contributed by atoms with Crippen molar-refractivity contribution in [3.8, 4) is 0 Å². The molecule has 0 aromatic carbocycles. The van der Waals surface area contributed by atoms with Gasteiger partial charge in [-0.3, -0.25) is 4.79 Å². The summed E-state index contributed by atoms with van der Waals surface area (Å²) >= 11 is 4.09. The molecule has 0 radical (unpaired) electrons. The van der Waals surface area contributed by atoms with E-state index in [-0.39, 0.29) is 5.91 Å². The molecule has 54 valence electrons. The van der Waals surface area contributed by atoms with Crippen molar-refractivity contribution in [3.63, 3.8) is 0 Å². The molecule has 0 unspecified atom stereocenters. The van der Waals surface area contributed by atoms with Crippen LogP contribution in [0, 0.1) is 0 Å². The Bertz CT molecular complexity index is 218. The second kappa shape index (κ2) is 2.92. The van der Waals surface area contributed by atoms with Gasteiger partial charge in [0.15, 0.2) is 0 Å². The highest BCUT2D eigenvalue weighted by molar-refractivity contribution is 7.84. The van der Waals surface area contributed by atoms with E-state index >= 15 is 0 Å². The van der Waals surface area contributed by atoms with Crippen molar-refractivity contribution in [1.82, 2.24) is 0 Å². The van der Waals surface area contributed by atoms with Gasteiger partial charge in [-0.25, -0.2) is 0 Å². The zero-order valence-corrected chi connectivity index (χ0v) is 6.40. The number of rotatable bonds is 1. The fourth-order valence-electron chi connectivity index (χ4n) is 0.889. The number of carbonyl (C=O) groups excluding carboxylic acids is 1. The van der Waals surface area contributed by atoms with Crippen LogP contribution in [0.5, 0.6) is 0 Å². The summed E-state index contributed by atoms with van der Waals surface area (Å²) in [5.74, 6) is -0.388. The molecule has 1 rings (SSSR count). The summed E-state index contributed by atoms with van der Waals surface area (Å²) in [6.45, 7) is 0. The van der Waals surface area contributed by atoms with Gasteiger partial charge in [-0.15, -0.1) is 12.6 Å². The maximum absolute atomic E-state index is 10.6. The number of thiol groups is 1. The second-order valence-electron chi connectivity index (χ2n) is 2.15. The molecule has 0 aromatic rings. The minimum absolute atomic E-state index is 0.388. The molecular formula is C7H9NOS. The number of carbonyl (C=O) groups is 1. The largest absolute Gasteiger partial charge is 0.366 e. The summed E-state index contributed by atoms with van der Waals surface area (Å²) in [5, 5.41) is 0. The van der Waals surface area contributed by atoms with Crippen molar-refractivity contribution in [2.45, 2.75) is 12.8 Å². The number of amides is 1. The fourth-order valence-corrected chi connectivity index (χ4v) is 1.22. The summed E-state index contributed by atoms with van der Waals surface area (Å²) < 4.78 is 0. The topological polar surface area (TPSA) is 43.1 Å². The smallest absolute Gasteiger partial charge is 0.249 e. The van der Waals surface area contributed by atoms with Gasteiger partial charge in [0.25, 0.3) is 0 Å². The van der Waals surface area contributed by atoms with Crippen LogP contribution in [-0.4, -0.2) is 5.91 Å². The van der Waals surface area contributed by atoms with Crippen LogP contribution in [0.1, 0.15) is 12.8 Å². The van der Waals surface area contributed by atoms with E-state index in [1.54, 1.807) is 0 Å².